The van der Waals surface area contributed by atoms with Gasteiger partial charge in [0.15, 0.2) is 5.78 Å². The summed E-state index contributed by atoms with van der Waals surface area (Å²) in [6.07, 6.45) is 0. The van der Waals surface area contributed by atoms with E-state index in [2.05, 4.69) is 0 Å². The third-order valence-electron chi connectivity index (χ3n) is 5.20. The zero-order chi connectivity index (χ0) is 21.7. The fourth-order valence-electron chi connectivity index (χ4n) is 3.81. The molecule has 0 atom stereocenters. The number of ketones is 2. The Labute approximate surface area is 182 Å². The van der Waals surface area contributed by atoms with Crippen LogP contribution in [0.3, 0.4) is 0 Å². The van der Waals surface area contributed by atoms with E-state index in [0.29, 0.717) is 22.1 Å². The van der Waals surface area contributed by atoms with Gasteiger partial charge in [-0.15, -0.1) is 0 Å². The molecule has 0 aromatic heterocycles. The van der Waals surface area contributed by atoms with Crippen molar-refractivity contribution in [3.8, 4) is 0 Å². The molecule has 0 spiro atoms. The zero-order valence-electron chi connectivity index (χ0n) is 15.9. The number of amides is 2. The van der Waals surface area contributed by atoms with Crippen molar-refractivity contribution in [2.24, 2.45) is 0 Å². The monoisotopic (exact) mass is 428 g/mol. The molecule has 150 valence electrons. The van der Waals surface area contributed by atoms with E-state index in [9.17, 15) is 19.2 Å². The normalized spacial score (nSPS) is 15.3. The number of nitrogens with zero attached hydrogens (tertiary/aromatic N) is 2. The van der Waals surface area contributed by atoms with Crippen molar-refractivity contribution >= 4 is 52.0 Å². The molecule has 0 bridgehead atoms. The van der Waals surface area contributed by atoms with Crippen LogP contribution in [0.2, 0.25) is 5.02 Å². The number of rotatable bonds is 3. The van der Waals surface area contributed by atoms with Crippen molar-refractivity contribution in [2.45, 2.75) is 0 Å². The van der Waals surface area contributed by atoms with Crippen molar-refractivity contribution in [2.75, 3.05) is 9.80 Å². The maximum absolute atomic E-state index is 13.6. The lowest BCUT2D eigenvalue weighted by Crippen LogP contribution is -2.42. The Bertz CT molecular complexity index is 1310. The Morgan fingerprint density at radius 3 is 1.90 bits per heavy atom. The number of anilines is 3. The van der Waals surface area contributed by atoms with Crippen LogP contribution in [0, 0.1) is 0 Å². The SMILES string of the molecule is O=C1C(=O)N2C(=C1C(=O)c1ccc(Cl)cc1)C(=O)N(c1ccccc1)c1ccccc12. The van der Waals surface area contributed by atoms with Gasteiger partial charge in [0.05, 0.1) is 11.4 Å². The molecule has 0 saturated heterocycles. The minimum absolute atomic E-state index is 0.160. The van der Waals surface area contributed by atoms with Crippen molar-refractivity contribution in [3.63, 3.8) is 0 Å². The summed E-state index contributed by atoms with van der Waals surface area (Å²) in [4.78, 5) is 55.0. The topological polar surface area (TPSA) is 74.8 Å². The number of hydrogen-bond donors (Lipinski definition) is 0. The van der Waals surface area contributed by atoms with Crippen LogP contribution in [-0.2, 0) is 14.4 Å². The summed E-state index contributed by atoms with van der Waals surface area (Å²) in [5.41, 5.74) is 0.845. The Hall–Kier alpha value is -4.03. The third-order valence-corrected chi connectivity index (χ3v) is 5.45. The van der Waals surface area contributed by atoms with Crippen molar-refractivity contribution in [3.05, 3.63) is 101 Å². The average molecular weight is 429 g/mol. The molecule has 31 heavy (non-hydrogen) atoms. The number of carbonyl (C=O) groups excluding carboxylic acids is 4. The first-order valence-corrected chi connectivity index (χ1v) is 9.78. The predicted octanol–water partition coefficient (Wildman–Crippen LogP) is 4.07. The van der Waals surface area contributed by atoms with Gasteiger partial charge in [-0.25, -0.2) is 0 Å². The van der Waals surface area contributed by atoms with Gasteiger partial charge in [-0.1, -0.05) is 41.9 Å². The summed E-state index contributed by atoms with van der Waals surface area (Å²) in [7, 11) is 0. The number of fused-ring (bicyclic) bond motifs is 3. The van der Waals surface area contributed by atoms with Crippen LogP contribution in [-0.4, -0.2) is 23.4 Å². The molecule has 3 aromatic rings. The predicted molar refractivity (Wildman–Crippen MR) is 115 cm³/mol. The van der Waals surface area contributed by atoms with Gasteiger partial charge in [0, 0.05) is 16.3 Å². The first-order valence-electron chi connectivity index (χ1n) is 9.41. The molecular weight excluding hydrogens is 416 g/mol. The molecule has 0 N–H and O–H groups in total. The molecule has 5 rings (SSSR count). The molecule has 0 fully saturated rings. The summed E-state index contributed by atoms with van der Waals surface area (Å²) >= 11 is 5.89. The Balaban J connectivity index is 1.76. The summed E-state index contributed by atoms with van der Waals surface area (Å²) in [6.45, 7) is 0. The fourth-order valence-corrected chi connectivity index (χ4v) is 3.94. The quantitative estimate of drug-likeness (QED) is 0.358. The van der Waals surface area contributed by atoms with Gasteiger partial charge in [0.1, 0.15) is 11.3 Å². The Morgan fingerprint density at radius 2 is 1.26 bits per heavy atom. The Kier molecular flexibility index (Phi) is 4.30. The highest BCUT2D eigenvalue weighted by Crippen LogP contribution is 2.45. The lowest BCUT2D eigenvalue weighted by atomic mass is 9.99. The van der Waals surface area contributed by atoms with Gasteiger partial charge in [-0.2, -0.15) is 0 Å². The van der Waals surface area contributed by atoms with Gasteiger partial charge in [-0.3, -0.25) is 29.0 Å². The fraction of sp³-hybridized carbons (Fsp3) is 0. The van der Waals surface area contributed by atoms with E-state index in [4.69, 9.17) is 11.6 Å². The smallest absolute Gasteiger partial charge is 0.288 e. The van der Waals surface area contributed by atoms with Gasteiger partial charge in [-0.05, 0) is 48.5 Å². The minimum atomic E-state index is -1.01. The Morgan fingerprint density at radius 1 is 0.677 bits per heavy atom. The minimum Gasteiger partial charge on any atom is -0.288 e. The second kappa shape index (κ2) is 7.04. The molecule has 6 nitrogen and oxygen atoms in total. The highest BCUT2D eigenvalue weighted by atomic mass is 35.5. The largest absolute Gasteiger partial charge is 0.304 e. The van der Waals surface area contributed by atoms with E-state index in [1.807, 2.05) is 6.07 Å². The van der Waals surface area contributed by atoms with Crippen molar-refractivity contribution < 1.29 is 19.2 Å². The van der Waals surface area contributed by atoms with Crippen LogP contribution in [0.5, 0.6) is 0 Å². The number of Topliss-reactive ketones (excluding diaryl/α,β-unsaturated/α-hetero) is 2. The van der Waals surface area contributed by atoms with Crippen molar-refractivity contribution in [1.82, 2.24) is 0 Å². The van der Waals surface area contributed by atoms with Gasteiger partial charge < -0.3 is 0 Å². The zero-order valence-corrected chi connectivity index (χ0v) is 16.7. The number of hydrogen-bond acceptors (Lipinski definition) is 4. The number of benzene rings is 3. The lowest BCUT2D eigenvalue weighted by Gasteiger charge is -2.35. The number of halogens is 1. The highest BCUT2D eigenvalue weighted by molar-refractivity contribution is 6.60. The standard InChI is InChI=1S/C24H13ClN2O4/c25-15-12-10-14(11-13-15)21(28)19-20-23(30)26(16-6-2-1-3-7-16)17-8-4-5-9-18(17)27(20)24(31)22(19)29/h1-13H. The summed E-state index contributed by atoms with van der Waals surface area (Å²) in [5, 5.41) is 0.419. The molecule has 0 radical (unpaired) electrons. The second-order valence-electron chi connectivity index (χ2n) is 6.99. The maximum atomic E-state index is 13.6. The molecular formula is C24H13ClN2O4. The van der Waals surface area contributed by atoms with Crippen LogP contribution in [0.1, 0.15) is 10.4 Å². The second-order valence-corrected chi connectivity index (χ2v) is 7.43. The van der Waals surface area contributed by atoms with Crippen LogP contribution in [0.4, 0.5) is 17.1 Å². The summed E-state index contributed by atoms with van der Waals surface area (Å²) in [5.74, 6) is -3.26. The first kappa shape index (κ1) is 19.0. The van der Waals surface area contributed by atoms with Gasteiger partial charge in [0.25, 0.3) is 11.7 Å². The van der Waals surface area contributed by atoms with E-state index in [1.165, 1.54) is 29.2 Å². The highest BCUT2D eigenvalue weighted by Gasteiger charge is 2.50. The molecule has 2 heterocycles. The molecule has 2 amide bonds. The van der Waals surface area contributed by atoms with Crippen molar-refractivity contribution in [1.29, 1.82) is 0 Å². The van der Waals surface area contributed by atoms with Crippen LogP contribution in [0.15, 0.2) is 90.1 Å². The van der Waals surface area contributed by atoms with Gasteiger partial charge >= 0.3 is 5.91 Å². The molecule has 7 heteroatoms. The van der Waals surface area contributed by atoms with Crippen LogP contribution < -0.4 is 9.80 Å². The first-order chi connectivity index (χ1) is 15.0. The van der Waals surface area contributed by atoms with Crippen LogP contribution in [0.25, 0.3) is 0 Å². The van der Waals surface area contributed by atoms with Crippen LogP contribution >= 0.6 is 11.6 Å². The van der Waals surface area contributed by atoms with E-state index in [-0.39, 0.29) is 11.3 Å². The van der Waals surface area contributed by atoms with Gasteiger partial charge in [0.2, 0.25) is 0 Å². The van der Waals surface area contributed by atoms with E-state index < -0.39 is 29.0 Å². The molecule has 3 aromatic carbocycles. The van der Waals surface area contributed by atoms with E-state index in [1.54, 1.807) is 48.5 Å². The molecule has 2 aliphatic heterocycles. The molecule has 2 aliphatic rings. The molecule has 0 saturated carbocycles. The lowest BCUT2D eigenvalue weighted by molar-refractivity contribution is -0.132. The van der Waals surface area contributed by atoms with E-state index in [0.717, 1.165) is 4.90 Å². The average Bonchev–Trinajstić information content (AvgIpc) is 3.06. The summed E-state index contributed by atoms with van der Waals surface area (Å²) < 4.78 is 0. The molecule has 0 aliphatic carbocycles. The number of para-hydroxylation sites is 3. The summed E-state index contributed by atoms with van der Waals surface area (Å²) in [6, 6.07) is 21.5. The number of carbonyl (C=O) groups is 4. The molecule has 0 unspecified atom stereocenters. The third kappa shape index (κ3) is 2.80. The van der Waals surface area contributed by atoms with E-state index >= 15 is 0 Å². The maximum Gasteiger partial charge on any atom is 0.304 e.